The molecule has 0 aliphatic heterocycles. The predicted molar refractivity (Wildman–Crippen MR) is 78.2 cm³/mol. The van der Waals surface area contributed by atoms with Crippen molar-refractivity contribution in [1.82, 2.24) is 9.55 Å². The SMILES string of the molecule is COc1ccnc(Cn2cccc2CC(C)N)c1OC. The summed E-state index contributed by atoms with van der Waals surface area (Å²) in [6.45, 7) is 2.64. The van der Waals surface area contributed by atoms with Crippen LogP contribution in [0, 0.1) is 0 Å². The number of ether oxygens (including phenoxy) is 2. The van der Waals surface area contributed by atoms with Crippen molar-refractivity contribution in [2.75, 3.05) is 14.2 Å². The molecule has 108 valence electrons. The quantitative estimate of drug-likeness (QED) is 0.873. The summed E-state index contributed by atoms with van der Waals surface area (Å²) in [4.78, 5) is 4.40. The molecule has 0 saturated heterocycles. The number of nitrogens with two attached hydrogens (primary N) is 1. The first-order chi connectivity index (χ1) is 9.65. The highest BCUT2D eigenvalue weighted by Crippen LogP contribution is 2.29. The third kappa shape index (κ3) is 3.11. The summed E-state index contributed by atoms with van der Waals surface area (Å²) in [5.41, 5.74) is 7.90. The molecular formula is C15H21N3O2. The molecule has 0 amide bonds. The molecule has 2 aromatic rings. The van der Waals surface area contributed by atoms with Gasteiger partial charge in [-0.15, -0.1) is 0 Å². The van der Waals surface area contributed by atoms with E-state index in [4.69, 9.17) is 15.2 Å². The minimum Gasteiger partial charge on any atom is -0.493 e. The summed E-state index contributed by atoms with van der Waals surface area (Å²) in [5, 5.41) is 0. The van der Waals surface area contributed by atoms with E-state index in [0.717, 1.165) is 12.1 Å². The summed E-state index contributed by atoms with van der Waals surface area (Å²) < 4.78 is 12.8. The second-order valence-corrected chi connectivity index (χ2v) is 4.80. The van der Waals surface area contributed by atoms with Crippen LogP contribution in [0.3, 0.4) is 0 Å². The molecular weight excluding hydrogens is 254 g/mol. The molecule has 2 rings (SSSR count). The summed E-state index contributed by atoms with van der Waals surface area (Å²) in [6, 6.07) is 6.02. The van der Waals surface area contributed by atoms with E-state index in [1.807, 2.05) is 19.2 Å². The van der Waals surface area contributed by atoms with E-state index in [1.54, 1.807) is 26.5 Å². The van der Waals surface area contributed by atoms with Crippen molar-refractivity contribution in [3.63, 3.8) is 0 Å². The molecule has 0 radical (unpaired) electrons. The molecule has 0 spiro atoms. The zero-order valence-electron chi connectivity index (χ0n) is 12.2. The van der Waals surface area contributed by atoms with Gasteiger partial charge in [0.05, 0.1) is 20.8 Å². The molecule has 2 heterocycles. The van der Waals surface area contributed by atoms with Crippen LogP contribution >= 0.6 is 0 Å². The highest BCUT2D eigenvalue weighted by Gasteiger charge is 2.13. The Bertz CT molecular complexity index is 564. The van der Waals surface area contributed by atoms with Crippen molar-refractivity contribution in [2.45, 2.75) is 25.9 Å². The van der Waals surface area contributed by atoms with Gasteiger partial charge < -0.3 is 19.8 Å². The first-order valence-corrected chi connectivity index (χ1v) is 6.61. The van der Waals surface area contributed by atoms with E-state index < -0.39 is 0 Å². The van der Waals surface area contributed by atoms with Gasteiger partial charge in [-0.2, -0.15) is 0 Å². The zero-order chi connectivity index (χ0) is 14.5. The molecule has 5 nitrogen and oxygen atoms in total. The summed E-state index contributed by atoms with van der Waals surface area (Å²) in [6.07, 6.45) is 4.59. The van der Waals surface area contributed by atoms with Gasteiger partial charge >= 0.3 is 0 Å². The smallest absolute Gasteiger partial charge is 0.184 e. The first kappa shape index (κ1) is 14.4. The lowest BCUT2D eigenvalue weighted by atomic mass is 10.2. The average Bonchev–Trinajstić information content (AvgIpc) is 2.85. The van der Waals surface area contributed by atoms with E-state index in [0.29, 0.717) is 18.0 Å². The Kier molecular flexibility index (Phi) is 4.63. The summed E-state index contributed by atoms with van der Waals surface area (Å²) in [7, 11) is 3.25. The van der Waals surface area contributed by atoms with Crippen LogP contribution in [0.15, 0.2) is 30.6 Å². The Hall–Kier alpha value is -2.01. The third-order valence-electron chi connectivity index (χ3n) is 3.14. The van der Waals surface area contributed by atoms with Crippen molar-refractivity contribution in [3.05, 3.63) is 42.0 Å². The molecule has 0 saturated carbocycles. The van der Waals surface area contributed by atoms with Crippen LogP contribution in [0.1, 0.15) is 18.3 Å². The number of rotatable bonds is 6. The molecule has 2 aromatic heterocycles. The monoisotopic (exact) mass is 275 g/mol. The van der Waals surface area contributed by atoms with Gasteiger partial charge in [0.2, 0.25) is 0 Å². The standard InChI is InChI=1S/C15H21N3O2/c1-11(16)9-12-5-4-8-18(12)10-13-15(20-3)14(19-2)6-7-17-13/h4-8,11H,9-10,16H2,1-3H3. The maximum absolute atomic E-state index is 5.87. The van der Waals surface area contributed by atoms with E-state index in [2.05, 4.69) is 15.6 Å². The average molecular weight is 275 g/mol. The maximum Gasteiger partial charge on any atom is 0.184 e. The molecule has 0 aliphatic carbocycles. The molecule has 0 aliphatic rings. The first-order valence-electron chi connectivity index (χ1n) is 6.61. The fourth-order valence-corrected chi connectivity index (χ4v) is 2.24. The minimum absolute atomic E-state index is 0.129. The van der Waals surface area contributed by atoms with E-state index in [9.17, 15) is 0 Å². The molecule has 0 aromatic carbocycles. The van der Waals surface area contributed by atoms with E-state index >= 15 is 0 Å². The maximum atomic E-state index is 5.87. The highest BCUT2D eigenvalue weighted by molar-refractivity contribution is 5.42. The highest BCUT2D eigenvalue weighted by atomic mass is 16.5. The number of aromatic nitrogens is 2. The van der Waals surface area contributed by atoms with Crippen LogP contribution in [0.2, 0.25) is 0 Å². The Morgan fingerprint density at radius 1 is 1.30 bits per heavy atom. The normalized spacial score (nSPS) is 12.2. The molecule has 5 heteroatoms. The Morgan fingerprint density at radius 3 is 2.75 bits per heavy atom. The van der Waals surface area contributed by atoms with Gasteiger partial charge in [0.25, 0.3) is 0 Å². The minimum atomic E-state index is 0.129. The molecule has 20 heavy (non-hydrogen) atoms. The molecule has 0 bridgehead atoms. The summed E-state index contributed by atoms with van der Waals surface area (Å²) >= 11 is 0. The van der Waals surface area contributed by atoms with E-state index in [-0.39, 0.29) is 6.04 Å². The van der Waals surface area contributed by atoms with Gasteiger partial charge in [-0.05, 0) is 19.1 Å². The fraction of sp³-hybridized carbons (Fsp3) is 0.400. The van der Waals surface area contributed by atoms with Crippen molar-refractivity contribution < 1.29 is 9.47 Å². The molecule has 0 fully saturated rings. The van der Waals surface area contributed by atoms with E-state index in [1.165, 1.54) is 5.69 Å². The lowest BCUT2D eigenvalue weighted by Gasteiger charge is -2.14. The van der Waals surface area contributed by atoms with Crippen molar-refractivity contribution >= 4 is 0 Å². The largest absolute Gasteiger partial charge is 0.493 e. The predicted octanol–water partition coefficient (Wildman–Crippen LogP) is 1.84. The van der Waals surface area contributed by atoms with Crippen molar-refractivity contribution in [2.24, 2.45) is 5.73 Å². The Balaban J connectivity index is 2.28. The topological polar surface area (TPSA) is 62.3 Å². The second-order valence-electron chi connectivity index (χ2n) is 4.80. The van der Waals surface area contributed by atoms with Gasteiger partial charge in [-0.1, -0.05) is 0 Å². The van der Waals surface area contributed by atoms with Crippen LogP contribution in [0.25, 0.3) is 0 Å². The number of hydrogen-bond donors (Lipinski definition) is 1. The summed E-state index contributed by atoms with van der Waals surface area (Å²) in [5.74, 6) is 1.37. The molecule has 1 atom stereocenters. The molecule has 1 unspecified atom stereocenters. The number of hydrogen-bond acceptors (Lipinski definition) is 4. The number of nitrogens with zero attached hydrogens (tertiary/aromatic N) is 2. The zero-order valence-corrected chi connectivity index (χ0v) is 12.2. The Morgan fingerprint density at radius 2 is 2.10 bits per heavy atom. The van der Waals surface area contributed by atoms with Crippen LogP contribution in [0.5, 0.6) is 11.5 Å². The van der Waals surface area contributed by atoms with Crippen LogP contribution in [-0.4, -0.2) is 29.8 Å². The van der Waals surface area contributed by atoms with Gasteiger partial charge in [-0.3, -0.25) is 4.98 Å². The third-order valence-corrected chi connectivity index (χ3v) is 3.14. The van der Waals surface area contributed by atoms with Crippen molar-refractivity contribution in [1.29, 1.82) is 0 Å². The van der Waals surface area contributed by atoms with Crippen LogP contribution < -0.4 is 15.2 Å². The van der Waals surface area contributed by atoms with Crippen LogP contribution in [-0.2, 0) is 13.0 Å². The number of methoxy groups -OCH3 is 2. The van der Waals surface area contributed by atoms with Crippen LogP contribution in [0.4, 0.5) is 0 Å². The van der Waals surface area contributed by atoms with Crippen molar-refractivity contribution in [3.8, 4) is 11.5 Å². The van der Waals surface area contributed by atoms with Gasteiger partial charge in [0.1, 0.15) is 5.69 Å². The Labute approximate surface area is 119 Å². The fourth-order valence-electron chi connectivity index (χ4n) is 2.24. The molecule has 2 N–H and O–H groups in total. The van der Waals surface area contributed by atoms with Gasteiger partial charge in [0, 0.05) is 36.6 Å². The second kappa shape index (κ2) is 6.43. The lowest BCUT2D eigenvalue weighted by molar-refractivity contribution is 0.348. The van der Waals surface area contributed by atoms with Gasteiger partial charge in [0.15, 0.2) is 11.5 Å². The number of pyridine rings is 1. The lowest BCUT2D eigenvalue weighted by Crippen LogP contribution is -2.20. The van der Waals surface area contributed by atoms with Gasteiger partial charge in [-0.25, -0.2) is 0 Å².